The van der Waals surface area contributed by atoms with Gasteiger partial charge in [-0.05, 0) is 35.0 Å². The Morgan fingerprint density at radius 2 is 2.27 bits per heavy atom. The highest BCUT2D eigenvalue weighted by molar-refractivity contribution is 9.10. The van der Waals surface area contributed by atoms with Crippen LogP contribution in [-0.4, -0.2) is 9.97 Å². The zero-order chi connectivity index (χ0) is 10.8. The molecule has 2 aromatic heterocycles. The normalized spacial score (nSPS) is 12.7. The zero-order valence-electron chi connectivity index (χ0n) is 8.14. The summed E-state index contributed by atoms with van der Waals surface area (Å²) in [6.45, 7) is 1.95. The van der Waals surface area contributed by atoms with Crippen molar-refractivity contribution in [1.29, 1.82) is 0 Å². The Hall–Kier alpha value is -0.780. The van der Waals surface area contributed by atoms with Gasteiger partial charge in [0, 0.05) is 27.8 Å². The fraction of sp³-hybridized carbons (Fsp3) is 0.200. The second kappa shape index (κ2) is 4.38. The summed E-state index contributed by atoms with van der Waals surface area (Å²) in [5.41, 5.74) is 6.65. The maximum absolute atomic E-state index is 5.78. The predicted molar refractivity (Wildman–Crippen MR) is 65.6 cm³/mol. The van der Waals surface area contributed by atoms with E-state index in [9.17, 15) is 0 Å². The predicted octanol–water partition coefficient (Wildman–Crippen LogP) is 2.99. The Bertz CT molecular complexity index is 467. The molecule has 15 heavy (non-hydrogen) atoms. The summed E-state index contributed by atoms with van der Waals surface area (Å²) in [5.74, 6) is 0. The first-order valence-corrected chi connectivity index (χ1v) is 6.11. The minimum atomic E-state index is 0.0266. The van der Waals surface area contributed by atoms with Crippen LogP contribution in [0, 0.1) is 0 Å². The lowest BCUT2D eigenvalue weighted by atomic mass is 10.3. The first kappa shape index (κ1) is 10.7. The van der Waals surface area contributed by atoms with E-state index in [-0.39, 0.29) is 6.04 Å². The highest BCUT2D eigenvalue weighted by Crippen LogP contribution is 2.30. The highest BCUT2D eigenvalue weighted by atomic mass is 79.9. The molecule has 0 saturated heterocycles. The standard InChI is InChI=1S/C10H10BrN3S/c1-6(12)8-5-14-10(15-8)9-7(11)3-2-4-13-9/h2-6H,12H2,1H3. The van der Waals surface area contributed by atoms with Gasteiger partial charge in [-0.2, -0.15) is 0 Å². The van der Waals surface area contributed by atoms with Crippen molar-refractivity contribution in [3.63, 3.8) is 0 Å². The van der Waals surface area contributed by atoms with Crippen LogP contribution < -0.4 is 5.73 Å². The van der Waals surface area contributed by atoms with Crippen LogP contribution in [0.1, 0.15) is 17.8 Å². The third-order valence-electron chi connectivity index (χ3n) is 1.93. The van der Waals surface area contributed by atoms with Gasteiger partial charge in [-0.25, -0.2) is 4.98 Å². The molecule has 0 radical (unpaired) electrons. The van der Waals surface area contributed by atoms with Crippen molar-refractivity contribution >= 4 is 27.3 Å². The van der Waals surface area contributed by atoms with Crippen LogP contribution in [0.15, 0.2) is 29.0 Å². The van der Waals surface area contributed by atoms with Crippen LogP contribution >= 0.6 is 27.3 Å². The Kier molecular flexibility index (Phi) is 3.14. The molecule has 1 unspecified atom stereocenters. The molecule has 0 aliphatic heterocycles. The van der Waals surface area contributed by atoms with Gasteiger partial charge in [0.25, 0.3) is 0 Å². The summed E-state index contributed by atoms with van der Waals surface area (Å²) in [6, 6.07) is 3.86. The van der Waals surface area contributed by atoms with Gasteiger partial charge in [0.2, 0.25) is 0 Å². The quantitative estimate of drug-likeness (QED) is 0.922. The minimum absolute atomic E-state index is 0.0266. The smallest absolute Gasteiger partial charge is 0.143 e. The number of thiazole rings is 1. The topological polar surface area (TPSA) is 51.8 Å². The van der Waals surface area contributed by atoms with Gasteiger partial charge in [-0.15, -0.1) is 11.3 Å². The molecule has 0 aliphatic rings. The molecule has 78 valence electrons. The van der Waals surface area contributed by atoms with E-state index in [2.05, 4.69) is 25.9 Å². The largest absolute Gasteiger partial charge is 0.323 e. The highest BCUT2D eigenvalue weighted by Gasteiger charge is 2.10. The molecule has 2 rings (SSSR count). The van der Waals surface area contributed by atoms with E-state index in [1.807, 2.05) is 25.3 Å². The van der Waals surface area contributed by atoms with E-state index < -0.39 is 0 Å². The fourth-order valence-corrected chi connectivity index (χ4v) is 2.60. The van der Waals surface area contributed by atoms with Crippen molar-refractivity contribution in [2.24, 2.45) is 5.73 Å². The molecule has 0 spiro atoms. The molecule has 2 N–H and O–H groups in total. The van der Waals surface area contributed by atoms with Gasteiger partial charge >= 0.3 is 0 Å². The summed E-state index contributed by atoms with van der Waals surface area (Å²) < 4.78 is 0.954. The van der Waals surface area contributed by atoms with Crippen LogP contribution in [0.4, 0.5) is 0 Å². The summed E-state index contributed by atoms with van der Waals surface area (Å²) in [5, 5.41) is 0.898. The van der Waals surface area contributed by atoms with Gasteiger partial charge in [0.15, 0.2) is 0 Å². The minimum Gasteiger partial charge on any atom is -0.323 e. The van der Waals surface area contributed by atoms with Crippen LogP contribution in [-0.2, 0) is 0 Å². The lowest BCUT2D eigenvalue weighted by molar-refractivity contribution is 0.835. The molecule has 0 saturated carbocycles. The lowest BCUT2D eigenvalue weighted by Gasteiger charge is -1.98. The number of rotatable bonds is 2. The van der Waals surface area contributed by atoms with Crippen molar-refractivity contribution in [3.05, 3.63) is 33.9 Å². The van der Waals surface area contributed by atoms with E-state index in [0.717, 1.165) is 20.1 Å². The number of halogens is 1. The van der Waals surface area contributed by atoms with E-state index in [4.69, 9.17) is 5.73 Å². The Balaban J connectivity index is 2.42. The zero-order valence-corrected chi connectivity index (χ0v) is 10.5. The van der Waals surface area contributed by atoms with Crippen molar-refractivity contribution < 1.29 is 0 Å². The van der Waals surface area contributed by atoms with E-state index in [1.54, 1.807) is 17.5 Å². The summed E-state index contributed by atoms with van der Waals surface area (Å²) >= 11 is 5.03. The summed E-state index contributed by atoms with van der Waals surface area (Å²) in [4.78, 5) is 9.67. The molecule has 0 aliphatic carbocycles. The molecule has 0 bridgehead atoms. The monoisotopic (exact) mass is 283 g/mol. The van der Waals surface area contributed by atoms with Gasteiger partial charge in [0.05, 0.1) is 0 Å². The molecule has 0 aromatic carbocycles. The number of nitrogens with two attached hydrogens (primary N) is 1. The van der Waals surface area contributed by atoms with E-state index in [0.29, 0.717) is 0 Å². The van der Waals surface area contributed by atoms with Gasteiger partial charge in [-0.1, -0.05) is 0 Å². The molecular weight excluding hydrogens is 274 g/mol. The Morgan fingerprint density at radius 3 is 2.87 bits per heavy atom. The second-order valence-corrected chi connectivity index (χ2v) is 5.11. The summed E-state index contributed by atoms with van der Waals surface area (Å²) in [6.07, 6.45) is 3.57. The maximum atomic E-state index is 5.78. The van der Waals surface area contributed by atoms with Crippen LogP contribution in [0.3, 0.4) is 0 Å². The first-order chi connectivity index (χ1) is 7.18. The third kappa shape index (κ3) is 2.25. The number of hydrogen-bond donors (Lipinski definition) is 1. The third-order valence-corrected chi connectivity index (χ3v) is 3.78. The molecule has 0 amide bonds. The molecule has 2 aromatic rings. The number of hydrogen-bond acceptors (Lipinski definition) is 4. The maximum Gasteiger partial charge on any atom is 0.143 e. The molecule has 2 heterocycles. The van der Waals surface area contributed by atoms with Crippen molar-refractivity contribution in [2.45, 2.75) is 13.0 Å². The number of aromatic nitrogens is 2. The first-order valence-electron chi connectivity index (χ1n) is 4.50. The molecule has 1 atom stereocenters. The average molecular weight is 284 g/mol. The summed E-state index contributed by atoms with van der Waals surface area (Å²) in [7, 11) is 0. The van der Waals surface area contributed by atoms with Crippen molar-refractivity contribution in [3.8, 4) is 10.7 Å². The molecule has 5 heteroatoms. The molecule has 3 nitrogen and oxygen atoms in total. The van der Waals surface area contributed by atoms with Crippen LogP contribution in [0.2, 0.25) is 0 Å². The Morgan fingerprint density at radius 1 is 1.47 bits per heavy atom. The Labute approximate surface area is 101 Å². The van der Waals surface area contributed by atoms with Gasteiger partial charge < -0.3 is 5.73 Å². The fourth-order valence-electron chi connectivity index (χ4n) is 1.15. The molecule has 0 fully saturated rings. The SMILES string of the molecule is CC(N)c1cnc(-c2ncccc2Br)s1. The van der Waals surface area contributed by atoms with Crippen molar-refractivity contribution in [1.82, 2.24) is 9.97 Å². The van der Waals surface area contributed by atoms with E-state index in [1.165, 1.54) is 0 Å². The molecular formula is C10H10BrN3S. The number of nitrogens with zero attached hydrogens (tertiary/aromatic N) is 2. The van der Waals surface area contributed by atoms with Gasteiger partial charge in [0.1, 0.15) is 10.7 Å². The van der Waals surface area contributed by atoms with Crippen LogP contribution in [0.5, 0.6) is 0 Å². The van der Waals surface area contributed by atoms with Gasteiger partial charge in [-0.3, -0.25) is 4.98 Å². The van der Waals surface area contributed by atoms with Crippen molar-refractivity contribution in [2.75, 3.05) is 0 Å². The van der Waals surface area contributed by atoms with E-state index >= 15 is 0 Å². The van der Waals surface area contributed by atoms with Crippen LogP contribution in [0.25, 0.3) is 10.7 Å². The average Bonchev–Trinajstić information content (AvgIpc) is 2.67. The lowest BCUT2D eigenvalue weighted by Crippen LogP contribution is -2.01. The number of pyridine rings is 1. The second-order valence-electron chi connectivity index (χ2n) is 3.19.